The molecule has 150 valence electrons. The Bertz CT molecular complexity index is 963. The van der Waals surface area contributed by atoms with Crippen LogP contribution in [0.2, 0.25) is 5.02 Å². The molecule has 0 bridgehead atoms. The van der Waals surface area contributed by atoms with Crippen LogP contribution in [0.5, 0.6) is 5.75 Å². The third kappa shape index (κ3) is 3.91. The highest BCUT2D eigenvalue weighted by molar-refractivity contribution is 6.31. The summed E-state index contributed by atoms with van der Waals surface area (Å²) in [5, 5.41) is 12.6. The lowest BCUT2D eigenvalue weighted by Gasteiger charge is -2.45. The van der Waals surface area contributed by atoms with Gasteiger partial charge < -0.3 is 20.2 Å². The van der Waals surface area contributed by atoms with E-state index >= 15 is 0 Å². The van der Waals surface area contributed by atoms with Gasteiger partial charge in [-0.2, -0.15) is 0 Å². The minimum absolute atomic E-state index is 0.147. The van der Waals surface area contributed by atoms with Crippen molar-refractivity contribution in [3.63, 3.8) is 0 Å². The fourth-order valence-electron chi connectivity index (χ4n) is 3.80. The Kier molecular flexibility index (Phi) is 5.15. The van der Waals surface area contributed by atoms with E-state index in [1.165, 1.54) is 0 Å². The standard InChI is InChI=1S/C21H20ClN3O4/c22-15-3-1-2-14(11-15)20(28)24-8-9-25-18(12-24)19(27)23-17(21(25)29)10-13-4-6-16(26)7-5-13/h1-7,11,17-18,26H,8-10,12H2,(H,23,27)/t17-,18-/m1/s1. The number of phenolic OH excluding ortho intramolecular Hbond substituents is 1. The molecule has 8 heteroatoms. The van der Waals surface area contributed by atoms with Crippen molar-refractivity contribution in [3.8, 4) is 5.75 Å². The van der Waals surface area contributed by atoms with Crippen molar-refractivity contribution in [1.82, 2.24) is 15.1 Å². The molecule has 0 unspecified atom stereocenters. The van der Waals surface area contributed by atoms with Crippen molar-refractivity contribution in [3.05, 3.63) is 64.7 Å². The average molecular weight is 414 g/mol. The molecule has 2 aromatic rings. The van der Waals surface area contributed by atoms with E-state index < -0.39 is 12.1 Å². The number of nitrogens with zero attached hydrogens (tertiary/aromatic N) is 2. The van der Waals surface area contributed by atoms with Gasteiger partial charge in [0.15, 0.2) is 0 Å². The maximum absolute atomic E-state index is 12.9. The first kappa shape index (κ1) is 19.3. The summed E-state index contributed by atoms with van der Waals surface area (Å²) in [7, 11) is 0. The summed E-state index contributed by atoms with van der Waals surface area (Å²) in [4.78, 5) is 41.5. The van der Waals surface area contributed by atoms with Gasteiger partial charge in [0.05, 0.1) is 6.54 Å². The van der Waals surface area contributed by atoms with E-state index in [1.807, 2.05) is 0 Å². The van der Waals surface area contributed by atoms with Crippen molar-refractivity contribution in [1.29, 1.82) is 0 Å². The van der Waals surface area contributed by atoms with E-state index in [-0.39, 0.29) is 30.0 Å². The zero-order valence-electron chi connectivity index (χ0n) is 15.5. The van der Waals surface area contributed by atoms with Crippen molar-refractivity contribution >= 4 is 29.3 Å². The van der Waals surface area contributed by atoms with Crippen LogP contribution in [0.1, 0.15) is 15.9 Å². The minimum Gasteiger partial charge on any atom is -0.508 e. The van der Waals surface area contributed by atoms with Gasteiger partial charge in [0, 0.05) is 30.1 Å². The summed E-state index contributed by atoms with van der Waals surface area (Å²) < 4.78 is 0. The number of piperazine rings is 2. The number of amides is 3. The second-order valence-corrected chi connectivity index (χ2v) is 7.68. The monoisotopic (exact) mass is 413 g/mol. The Morgan fingerprint density at radius 3 is 2.62 bits per heavy atom. The van der Waals surface area contributed by atoms with Gasteiger partial charge >= 0.3 is 0 Å². The Hall–Kier alpha value is -3.06. The number of carbonyl (C=O) groups excluding carboxylic acids is 3. The fourth-order valence-corrected chi connectivity index (χ4v) is 3.99. The van der Waals surface area contributed by atoms with Crippen LogP contribution in [0.25, 0.3) is 0 Å². The van der Waals surface area contributed by atoms with Crippen molar-refractivity contribution in [2.75, 3.05) is 19.6 Å². The molecule has 0 saturated carbocycles. The molecule has 2 saturated heterocycles. The molecular formula is C21H20ClN3O4. The number of hydrogen-bond donors (Lipinski definition) is 2. The molecule has 2 aliphatic heterocycles. The van der Waals surface area contributed by atoms with Gasteiger partial charge in [-0.15, -0.1) is 0 Å². The summed E-state index contributed by atoms with van der Waals surface area (Å²) in [5.74, 6) is -0.485. The first-order chi connectivity index (χ1) is 13.9. The van der Waals surface area contributed by atoms with Gasteiger partial charge in [0.2, 0.25) is 11.8 Å². The van der Waals surface area contributed by atoms with Crippen LogP contribution in [0, 0.1) is 0 Å². The summed E-state index contributed by atoms with van der Waals surface area (Å²) in [6.45, 7) is 0.803. The van der Waals surface area contributed by atoms with E-state index in [1.54, 1.807) is 58.3 Å². The summed E-state index contributed by atoms with van der Waals surface area (Å²) >= 11 is 5.97. The van der Waals surface area contributed by atoms with E-state index in [4.69, 9.17) is 11.6 Å². The predicted octanol–water partition coefficient (Wildman–Crippen LogP) is 1.44. The summed E-state index contributed by atoms with van der Waals surface area (Å²) in [6.07, 6.45) is 0.346. The quantitative estimate of drug-likeness (QED) is 0.796. The molecule has 0 aliphatic carbocycles. The third-order valence-electron chi connectivity index (χ3n) is 5.32. The molecule has 3 amide bonds. The predicted molar refractivity (Wildman–Crippen MR) is 107 cm³/mol. The second kappa shape index (κ2) is 7.75. The largest absolute Gasteiger partial charge is 0.508 e. The fraction of sp³-hybridized carbons (Fsp3) is 0.286. The number of rotatable bonds is 3. The van der Waals surface area contributed by atoms with E-state index in [2.05, 4.69) is 5.32 Å². The molecule has 0 spiro atoms. The lowest BCUT2D eigenvalue weighted by atomic mass is 9.98. The number of halogens is 1. The van der Waals surface area contributed by atoms with Crippen LogP contribution in [0.3, 0.4) is 0 Å². The lowest BCUT2D eigenvalue weighted by molar-refractivity contribution is -0.152. The van der Waals surface area contributed by atoms with Gasteiger partial charge in [0.1, 0.15) is 17.8 Å². The summed E-state index contributed by atoms with van der Waals surface area (Å²) in [5.41, 5.74) is 1.30. The number of aromatic hydroxyl groups is 1. The van der Waals surface area contributed by atoms with Gasteiger partial charge in [-0.25, -0.2) is 0 Å². The third-order valence-corrected chi connectivity index (χ3v) is 5.55. The Morgan fingerprint density at radius 2 is 1.90 bits per heavy atom. The van der Waals surface area contributed by atoms with E-state index in [0.717, 1.165) is 5.56 Å². The van der Waals surface area contributed by atoms with Crippen molar-refractivity contribution in [2.45, 2.75) is 18.5 Å². The SMILES string of the molecule is O=C1N[C@H](Cc2ccc(O)cc2)C(=O)N2CCN(C(=O)c3cccc(Cl)c3)C[C@H]12. The van der Waals surface area contributed by atoms with Crippen LogP contribution in [0.15, 0.2) is 48.5 Å². The molecule has 0 radical (unpaired) electrons. The van der Waals surface area contributed by atoms with Crippen LogP contribution >= 0.6 is 11.6 Å². The molecule has 2 atom stereocenters. The minimum atomic E-state index is -0.699. The number of benzene rings is 2. The number of carbonyl (C=O) groups is 3. The smallest absolute Gasteiger partial charge is 0.254 e. The average Bonchev–Trinajstić information content (AvgIpc) is 2.72. The molecule has 2 aromatic carbocycles. The van der Waals surface area contributed by atoms with Crippen molar-refractivity contribution < 1.29 is 19.5 Å². The van der Waals surface area contributed by atoms with Gasteiger partial charge in [-0.3, -0.25) is 14.4 Å². The molecular weight excluding hydrogens is 394 g/mol. The van der Waals surface area contributed by atoms with Crippen LogP contribution in [0.4, 0.5) is 0 Å². The molecule has 2 fully saturated rings. The molecule has 0 aromatic heterocycles. The van der Waals surface area contributed by atoms with Crippen LogP contribution < -0.4 is 5.32 Å². The van der Waals surface area contributed by atoms with Gasteiger partial charge in [-0.1, -0.05) is 29.8 Å². The van der Waals surface area contributed by atoms with Crippen LogP contribution in [-0.4, -0.2) is 64.3 Å². The Morgan fingerprint density at radius 1 is 1.14 bits per heavy atom. The summed E-state index contributed by atoms with van der Waals surface area (Å²) in [6, 6.07) is 11.9. The molecule has 2 N–H and O–H groups in total. The highest BCUT2D eigenvalue weighted by Crippen LogP contribution is 2.21. The second-order valence-electron chi connectivity index (χ2n) is 7.24. The highest BCUT2D eigenvalue weighted by atomic mass is 35.5. The number of hydrogen-bond acceptors (Lipinski definition) is 4. The molecule has 7 nitrogen and oxygen atoms in total. The van der Waals surface area contributed by atoms with Gasteiger partial charge in [-0.05, 0) is 35.9 Å². The van der Waals surface area contributed by atoms with Gasteiger partial charge in [0.25, 0.3) is 5.91 Å². The molecule has 2 heterocycles. The normalized spacial score (nSPS) is 21.6. The highest BCUT2D eigenvalue weighted by Gasteiger charge is 2.44. The number of fused-ring (bicyclic) bond motifs is 1. The Labute approximate surface area is 172 Å². The topological polar surface area (TPSA) is 89.9 Å². The number of nitrogens with one attached hydrogen (secondary N) is 1. The Balaban J connectivity index is 1.46. The maximum Gasteiger partial charge on any atom is 0.254 e. The van der Waals surface area contributed by atoms with Crippen LogP contribution in [-0.2, 0) is 16.0 Å². The first-order valence-corrected chi connectivity index (χ1v) is 9.74. The zero-order valence-corrected chi connectivity index (χ0v) is 16.3. The molecule has 29 heavy (non-hydrogen) atoms. The maximum atomic E-state index is 12.9. The lowest BCUT2D eigenvalue weighted by Crippen LogP contribution is -2.70. The van der Waals surface area contributed by atoms with E-state index in [0.29, 0.717) is 30.1 Å². The molecule has 2 aliphatic rings. The van der Waals surface area contributed by atoms with Crippen molar-refractivity contribution in [2.24, 2.45) is 0 Å². The first-order valence-electron chi connectivity index (χ1n) is 9.36. The molecule has 4 rings (SSSR count). The zero-order chi connectivity index (χ0) is 20.5. The number of phenols is 1. The van der Waals surface area contributed by atoms with E-state index in [9.17, 15) is 19.5 Å².